The van der Waals surface area contributed by atoms with Crippen LogP contribution in [0.5, 0.6) is 0 Å². The van der Waals surface area contributed by atoms with Crippen molar-refractivity contribution in [2.24, 2.45) is 5.92 Å². The fourth-order valence-electron chi connectivity index (χ4n) is 3.21. The van der Waals surface area contributed by atoms with Gasteiger partial charge in [0, 0.05) is 24.3 Å². The van der Waals surface area contributed by atoms with Crippen molar-refractivity contribution in [2.75, 3.05) is 16.8 Å². The van der Waals surface area contributed by atoms with E-state index in [0.29, 0.717) is 6.54 Å². The van der Waals surface area contributed by atoms with E-state index in [-0.39, 0.29) is 24.2 Å². The van der Waals surface area contributed by atoms with Crippen LogP contribution in [0.25, 0.3) is 0 Å². The second-order valence-electron chi connectivity index (χ2n) is 6.98. The summed E-state index contributed by atoms with van der Waals surface area (Å²) < 4.78 is 0. The smallest absolute Gasteiger partial charge is 0.229 e. The van der Waals surface area contributed by atoms with E-state index in [9.17, 15) is 9.59 Å². The van der Waals surface area contributed by atoms with E-state index >= 15 is 0 Å². The highest BCUT2D eigenvalue weighted by Gasteiger charge is 2.35. The summed E-state index contributed by atoms with van der Waals surface area (Å²) >= 11 is 0. The Morgan fingerprint density at radius 3 is 2.44 bits per heavy atom. The zero-order valence-electron chi connectivity index (χ0n) is 15.2. The molecule has 1 N–H and O–H groups in total. The average Bonchev–Trinajstić information content (AvgIpc) is 2.95. The largest absolute Gasteiger partial charge is 0.326 e. The maximum atomic E-state index is 12.6. The molecule has 1 aliphatic rings. The van der Waals surface area contributed by atoms with Gasteiger partial charge in [0.25, 0.3) is 0 Å². The summed E-state index contributed by atoms with van der Waals surface area (Å²) in [5.41, 5.74) is 6.21. The van der Waals surface area contributed by atoms with Gasteiger partial charge in [-0.1, -0.05) is 23.8 Å². The van der Waals surface area contributed by atoms with Crippen LogP contribution in [0.2, 0.25) is 0 Å². The van der Waals surface area contributed by atoms with Gasteiger partial charge < -0.3 is 10.2 Å². The molecule has 2 aromatic carbocycles. The number of anilines is 2. The van der Waals surface area contributed by atoms with Gasteiger partial charge in [0.1, 0.15) is 0 Å². The minimum atomic E-state index is -0.324. The maximum absolute atomic E-state index is 12.6. The van der Waals surface area contributed by atoms with E-state index < -0.39 is 0 Å². The molecular weight excluding hydrogens is 312 g/mol. The molecule has 2 aromatic rings. The molecule has 0 saturated carbocycles. The Morgan fingerprint density at radius 2 is 1.76 bits per heavy atom. The zero-order chi connectivity index (χ0) is 18.1. The first-order valence-electron chi connectivity index (χ1n) is 8.61. The molecule has 1 aliphatic heterocycles. The van der Waals surface area contributed by atoms with Gasteiger partial charge in [-0.25, -0.2) is 0 Å². The number of benzene rings is 2. The third-order valence-electron chi connectivity index (χ3n) is 4.94. The van der Waals surface area contributed by atoms with Crippen molar-refractivity contribution in [1.29, 1.82) is 0 Å². The van der Waals surface area contributed by atoms with Crippen molar-refractivity contribution in [3.8, 4) is 0 Å². The van der Waals surface area contributed by atoms with Gasteiger partial charge >= 0.3 is 0 Å². The SMILES string of the molecule is Cc1ccc(NC(=O)C2CC(=O)N(c3ccc(C)c(C)c3)C2)c(C)c1. The number of rotatable bonds is 3. The molecule has 1 atom stereocenters. The molecule has 4 heteroatoms. The number of amides is 2. The molecule has 1 fully saturated rings. The lowest BCUT2D eigenvalue weighted by atomic mass is 10.1. The van der Waals surface area contributed by atoms with Crippen LogP contribution in [0.3, 0.4) is 0 Å². The monoisotopic (exact) mass is 336 g/mol. The molecule has 3 rings (SSSR count). The molecule has 1 unspecified atom stereocenters. The summed E-state index contributed by atoms with van der Waals surface area (Å²) in [6.07, 6.45) is 0.254. The lowest BCUT2D eigenvalue weighted by Crippen LogP contribution is -2.28. The number of carbonyl (C=O) groups is 2. The molecule has 1 saturated heterocycles. The van der Waals surface area contributed by atoms with Gasteiger partial charge in [0.15, 0.2) is 0 Å². The highest BCUT2D eigenvalue weighted by molar-refractivity contribution is 6.03. The van der Waals surface area contributed by atoms with Crippen LogP contribution in [0.1, 0.15) is 28.7 Å². The topological polar surface area (TPSA) is 49.4 Å². The number of carbonyl (C=O) groups excluding carboxylic acids is 2. The third-order valence-corrected chi connectivity index (χ3v) is 4.94. The predicted molar refractivity (Wildman–Crippen MR) is 101 cm³/mol. The van der Waals surface area contributed by atoms with Crippen LogP contribution in [0.15, 0.2) is 36.4 Å². The predicted octanol–water partition coefficient (Wildman–Crippen LogP) is 3.91. The maximum Gasteiger partial charge on any atom is 0.229 e. The van der Waals surface area contributed by atoms with E-state index in [1.54, 1.807) is 4.90 Å². The lowest BCUT2D eigenvalue weighted by Gasteiger charge is -2.18. The first-order valence-corrected chi connectivity index (χ1v) is 8.61. The molecule has 0 aromatic heterocycles. The van der Waals surface area contributed by atoms with Gasteiger partial charge in [-0.3, -0.25) is 9.59 Å². The Hall–Kier alpha value is -2.62. The van der Waals surface area contributed by atoms with E-state index in [0.717, 1.165) is 28.1 Å². The molecule has 1 heterocycles. The van der Waals surface area contributed by atoms with E-state index in [1.165, 1.54) is 5.56 Å². The van der Waals surface area contributed by atoms with Crippen molar-refractivity contribution < 1.29 is 9.59 Å². The minimum Gasteiger partial charge on any atom is -0.326 e. The number of hydrogen-bond acceptors (Lipinski definition) is 2. The Bertz CT molecular complexity index is 842. The van der Waals surface area contributed by atoms with E-state index in [4.69, 9.17) is 0 Å². The average molecular weight is 336 g/mol. The summed E-state index contributed by atoms with van der Waals surface area (Å²) in [7, 11) is 0. The fourth-order valence-corrected chi connectivity index (χ4v) is 3.21. The first-order chi connectivity index (χ1) is 11.8. The lowest BCUT2D eigenvalue weighted by molar-refractivity contribution is -0.122. The van der Waals surface area contributed by atoms with Gasteiger partial charge in [-0.2, -0.15) is 0 Å². The van der Waals surface area contributed by atoms with Crippen LogP contribution in [-0.4, -0.2) is 18.4 Å². The van der Waals surface area contributed by atoms with Gasteiger partial charge in [-0.15, -0.1) is 0 Å². The van der Waals surface area contributed by atoms with Crippen molar-refractivity contribution in [2.45, 2.75) is 34.1 Å². The zero-order valence-corrected chi connectivity index (χ0v) is 15.2. The quantitative estimate of drug-likeness (QED) is 0.924. The van der Waals surface area contributed by atoms with Crippen molar-refractivity contribution in [3.05, 3.63) is 58.7 Å². The molecule has 130 valence electrons. The standard InChI is InChI=1S/C21H24N2O2/c1-13-5-8-19(16(4)9-13)22-21(25)17-11-20(24)23(12-17)18-7-6-14(2)15(3)10-18/h5-10,17H,11-12H2,1-4H3,(H,22,25). The molecule has 2 amide bonds. The molecule has 0 spiro atoms. The van der Waals surface area contributed by atoms with E-state index in [2.05, 4.69) is 5.32 Å². The van der Waals surface area contributed by atoms with E-state index in [1.807, 2.05) is 64.1 Å². The second-order valence-corrected chi connectivity index (χ2v) is 6.98. The van der Waals surface area contributed by atoms with Gasteiger partial charge in [0.05, 0.1) is 5.92 Å². The summed E-state index contributed by atoms with van der Waals surface area (Å²) in [5.74, 6) is -0.412. The number of hydrogen-bond donors (Lipinski definition) is 1. The molecule has 25 heavy (non-hydrogen) atoms. The summed E-state index contributed by atoms with van der Waals surface area (Å²) in [6.45, 7) is 8.51. The van der Waals surface area contributed by atoms with Crippen LogP contribution in [0.4, 0.5) is 11.4 Å². The van der Waals surface area contributed by atoms with Gasteiger partial charge in [0.2, 0.25) is 11.8 Å². The van der Waals surface area contributed by atoms with Crippen molar-refractivity contribution >= 4 is 23.2 Å². The molecule has 0 bridgehead atoms. The summed E-state index contributed by atoms with van der Waals surface area (Å²) in [4.78, 5) is 26.7. The normalized spacial score (nSPS) is 17.0. The molecular formula is C21H24N2O2. The molecule has 4 nitrogen and oxygen atoms in total. The van der Waals surface area contributed by atoms with Crippen LogP contribution >= 0.6 is 0 Å². The first kappa shape index (κ1) is 17.2. The number of nitrogens with one attached hydrogen (secondary N) is 1. The van der Waals surface area contributed by atoms with Crippen LogP contribution < -0.4 is 10.2 Å². The fraction of sp³-hybridized carbons (Fsp3) is 0.333. The molecule has 0 radical (unpaired) electrons. The minimum absolute atomic E-state index is 0.00373. The number of aryl methyl sites for hydroxylation is 4. The van der Waals surface area contributed by atoms with Gasteiger partial charge in [-0.05, 0) is 62.6 Å². The highest BCUT2D eigenvalue weighted by atomic mass is 16.2. The molecule has 0 aliphatic carbocycles. The Balaban J connectivity index is 1.73. The Morgan fingerprint density at radius 1 is 1.00 bits per heavy atom. The summed E-state index contributed by atoms with van der Waals surface area (Å²) in [5, 5.41) is 2.97. The van der Waals surface area contributed by atoms with Crippen molar-refractivity contribution in [3.63, 3.8) is 0 Å². The van der Waals surface area contributed by atoms with Crippen LogP contribution in [0, 0.1) is 33.6 Å². The third kappa shape index (κ3) is 3.58. The van der Waals surface area contributed by atoms with Crippen molar-refractivity contribution in [1.82, 2.24) is 0 Å². The highest BCUT2D eigenvalue weighted by Crippen LogP contribution is 2.28. The Labute approximate surface area is 148 Å². The second kappa shape index (κ2) is 6.71. The summed E-state index contributed by atoms with van der Waals surface area (Å²) in [6, 6.07) is 11.9. The number of nitrogens with zero attached hydrogens (tertiary/aromatic N) is 1. The Kier molecular flexibility index (Phi) is 4.62. The van der Waals surface area contributed by atoms with Crippen LogP contribution in [-0.2, 0) is 9.59 Å².